The first-order valence-electron chi connectivity index (χ1n) is 6.73. The molecular weight excluding hydrogens is 302 g/mol. The van der Waals surface area contributed by atoms with Crippen LogP contribution in [0.3, 0.4) is 0 Å². The van der Waals surface area contributed by atoms with Crippen LogP contribution in [-0.4, -0.2) is 44.6 Å². The number of fused-ring (bicyclic) bond motifs is 1. The molecule has 0 aliphatic carbocycles. The Morgan fingerprint density at radius 1 is 1.05 bits per heavy atom. The third-order valence-electron chi connectivity index (χ3n) is 3.55. The molecule has 22 heavy (non-hydrogen) atoms. The van der Waals surface area contributed by atoms with Crippen LogP contribution in [0.15, 0.2) is 12.5 Å². The van der Waals surface area contributed by atoms with Gasteiger partial charge in [-0.3, -0.25) is 5.01 Å². The molecule has 0 radical (unpaired) electrons. The van der Waals surface area contributed by atoms with Gasteiger partial charge in [0.2, 0.25) is 0 Å². The van der Waals surface area contributed by atoms with Gasteiger partial charge in [0, 0.05) is 5.41 Å². The van der Waals surface area contributed by atoms with E-state index in [0.717, 1.165) is 9.69 Å². The Hall–Kier alpha value is -1.93. The van der Waals surface area contributed by atoms with Crippen molar-refractivity contribution < 1.29 is 17.6 Å². The van der Waals surface area contributed by atoms with E-state index in [2.05, 4.69) is 15.0 Å². The fourth-order valence-electron chi connectivity index (χ4n) is 2.26. The van der Waals surface area contributed by atoms with Gasteiger partial charge in [-0.15, -0.1) is 0 Å². The van der Waals surface area contributed by atoms with Crippen molar-refractivity contribution in [1.82, 2.24) is 19.6 Å². The molecule has 9 heteroatoms. The fraction of sp³-hybridized carbons (Fsp3) is 0.615. The second-order valence-electron chi connectivity index (χ2n) is 6.47. The van der Waals surface area contributed by atoms with E-state index < -0.39 is 24.9 Å². The lowest BCUT2D eigenvalue weighted by molar-refractivity contribution is -0.172. The van der Waals surface area contributed by atoms with E-state index in [0.29, 0.717) is 11.3 Å². The average Bonchev–Trinajstić information content (AvgIpc) is 2.86. The van der Waals surface area contributed by atoms with Crippen molar-refractivity contribution in [3.8, 4) is 0 Å². The maximum absolute atomic E-state index is 13.4. The van der Waals surface area contributed by atoms with Gasteiger partial charge in [0.1, 0.15) is 30.8 Å². The highest BCUT2D eigenvalue weighted by molar-refractivity contribution is 5.70. The summed E-state index contributed by atoms with van der Waals surface area (Å²) in [7, 11) is 0. The van der Waals surface area contributed by atoms with Gasteiger partial charge in [-0.1, -0.05) is 20.8 Å². The predicted octanol–water partition coefficient (Wildman–Crippen LogP) is 2.35. The number of aromatic nitrogens is 4. The summed E-state index contributed by atoms with van der Waals surface area (Å²) in [5.74, 6) is -7.67. The van der Waals surface area contributed by atoms with E-state index in [1.54, 1.807) is 0 Å². The molecule has 3 heterocycles. The van der Waals surface area contributed by atoms with Crippen molar-refractivity contribution in [2.24, 2.45) is 0 Å². The monoisotopic (exact) mass is 317 g/mol. The Bertz CT molecular complexity index is 703. The van der Waals surface area contributed by atoms with E-state index in [9.17, 15) is 17.6 Å². The van der Waals surface area contributed by atoms with Crippen LogP contribution in [-0.2, 0) is 5.41 Å². The van der Waals surface area contributed by atoms with Crippen LogP contribution in [0.2, 0.25) is 0 Å². The zero-order valence-electron chi connectivity index (χ0n) is 12.3. The summed E-state index contributed by atoms with van der Waals surface area (Å²) in [4.78, 5) is 12.5. The van der Waals surface area contributed by atoms with Crippen LogP contribution in [0.5, 0.6) is 0 Å². The Balaban J connectivity index is 2.06. The number of rotatable bonds is 1. The summed E-state index contributed by atoms with van der Waals surface area (Å²) in [6, 6.07) is 0. The summed E-state index contributed by atoms with van der Waals surface area (Å²) in [5, 5.41) is 0.856. The van der Waals surface area contributed by atoms with E-state index in [1.807, 2.05) is 20.8 Å². The van der Waals surface area contributed by atoms with Gasteiger partial charge in [0.25, 0.3) is 0 Å². The topological polar surface area (TPSA) is 46.8 Å². The Labute approximate surface area is 123 Å². The fourth-order valence-corrected chi connectivity index (χ4v) is 2.26. The minimum atomic E-state index is -4.08. The van der Waals surface area contributed by atoms with E-state index in [1.165, 1.54) is 12.5 Å². The highest BCUT2D eigenvalue weighted by Gasteiger charge is 2.63. The van der Waals surface area contributed by atoms with Gasteiger partial charge in [-0.25, -0.2) is 19.6 Å². The highest BCUT2D eigenvalue weighted by Crippen LogP contribution is 2.40. The van der Waals surface area contributed by atoms with Crippen molar-refractivity contribution in [2.75, 3.05) is 18.1 Å². The Morgan fingerprint density at radius 2 is 1.64 bits per heavy atom. The molecule has 3 rings (SSSR count). The van der Waals surface area contributed by atoms with Crippen LogP contribution in [0.25, 0.3) is 11.2 Å². The molecular formula is C13H15F4N5. The van der Waals surface area contributed by atoms with Crippen LogP contribution in [0.4, 0.5) is 17.6 Å². The van der Waals surface area contributed by atoms with Crippen LogP contribution in [0, 0.1) is 0 Å². The minimum Gasteiger partial charge on any atom is -0.297 e. The number of imidazole rings is 1. The maximum Gasteiger partial charge on any atom is 0.330 e. The lowest BCUT2D eigenvalue weighted by Crippen LogP contribution is -2.38. The van der Waals surface area contributed by atoms with Crippen LogP contribution < -0.4 is 5.01 Å². The molecule has 5 nitrogen and oxygen atoms in total. The number of hydrogen-bond donors (Lipinski definition) is 0. The molecule has 0 N–H and O–H groups in total. The maximum atomic E-state index is 13.4. The van der Waals surface area contributed by atoms with E-state index >= 15 is 0 Å². The molecule has 0 bridgehead atoms. The lowest BCUT2D eigenvalue weighted by atomic mass is 9.96. The second kappa shape index (κ2) is 4.30. The average molecular weight is 317 g/mol. The number of nitrogens with zero attached hydrogens (tertiary/aromatic N) is 5. The smallest absolute Gasteiger partial charge is 0.297 e. The molecule has 1 aliphatic heterocycles. The molecule has 2 aromatic heterocycles. The molecule has 0 aromatic carbocycles. The van der Waals surface area contributed by atoms with E-state index in [-0.39, 0.29) is 11.1 Å². The first kappa shape index (κ1) is 15.0. The van der Waals surface area contributed by atoms with Crippen molar-refractivity contribution in [2.45, 2.75) is 38.0 Å². The molecule has 2 aromatic rings. The first-order valence-corrected chi connectivity index (χ1v) is 6.73. The molecule has 0 atom stereocenters. The molecule has 0 saturated carbocycles. The molecule has 1 aliphatic rings. The van der Waals surface area contributed by atoms with Gasteiger partial charge >= 0.3 is 11.8 Å². The largest absolute Gasteiger partial charge is 0.330 e. The van der Waals surface area contributed by atoms with Crippen LogP contribution in [0.1, 0.15) is 26.6 Å². The van der Waals surface area contributed by atoms with E-state index in [4.69, 9.17) is 0 Å². The van der Waals surface area contributed by atoms with Crippen molar-refractivity contribution in [3.63, 3.8) is 0 Å². The zero-order chi connectivity index (χ0) is 16.3. The highest BCUT2D eigenvalue weighted by atomic mass is 19.3. The first-order chi connectivity index (χ1) is 10.0. The third kappa shape index (κ3) is 2.19. The van der Waals surface area contributed by atoms with Gasteiger partial charge in [0.15, 0.2) is 5.65 Å². The van der Waals surface area contributed by atoms with Gasteiger partial charge in [-0.2, -0.15) is 17.6 Å². The molecule has 1 fully saturated rings. The summed E-state index contributed by atoms with van der Waals surface area (Å²) >= 11 is 0. The zero-order valence-corrected chi connectivity index (χ0v) is 12.3. The standard InChI is InChI=1S/C13H15F4N5/c1-11(2,3)10-18-4-8-9(20-10)22(7-19-8)21-5-12(14,15)13(16,17)6-21/h4,7H,5-6H2,1-3H3. The van der Waals surface area contributed by atoms with Gasteiger partial charge in [-0.05, 0) is 0 Å². The molecule has 1 saturated heterocycles. The Morgan fingerprint density at radius 3 is 2.18 bits per heavy atom. The summed E-state index contributed by atoms with van der Waals surface area (Å²) in [6.07, 6.45) is 2.68. The quantitative estimate of drug-likeness (QED) is 0.758. The number of halogens is 4. The van der Waals surface area contributed by atoms with Crippen molar-refractivity contribution in [3.05, 3.63) is 18.3 Å². The molecule has 0 unspecified atom stereocenters. The third-order valence-corrected chi connectivity index (χ3v) is 3.55. The SMILES string of the molecule is CC(C)(C)c1ncc2ncn(N3CC(F)(F)C(F)(F)C3)c2n1. The predicted molar refractivity (Wildman–Crippen MR) is 71.9 cm³/mol. The summed E-state index contributed by atoms with van der Waals surface area (Å²) < 4.78 is 54.7. The van der Waals surface area contributed by atoms with Crippen molar-refractivity contribution >= 4 is 11.2 Å². The lowest BCUT2D eigenvalue weighted by Gasteiger charge is -2.20. The van der Waals surface area contributed by atoms with Gasteiger partial charge < -0.3 is 0 Å². The summed E-state index contributed by atoms with van der Waals surface area (Å²) in [5.41, 5.74) is 0.252. The number of alkyl halides is 4. The Kier molecular flexibility index (Phi) is 2.93. The van der Waals surface area contributed by atoms with Crippen LogP contribution >= 0.6 is 0 Å². The number of hydrogen-bond acceptors (Lipinski definition) is 4. The summed E-state index contributed by atoms with van der Waals surface area (Å²) in [6.45, 7) is 3.52. The molecule has 0 amide bonds. The van der Waals surface area contributed by atoms with Crippen molar-refractivity contribution in [1.29, 1.82) is 0 Å². The van der Waals surface area contributed by atoms with Gasteiger partial charge in [0.05, 0.1) is 6.20 Å². The molecule has 0 spiro atoms. The normalized spacial score (nSPS) is 20.8. The minimum absolute atomic E-state index is 0.244. The second-order valence-corrected chi connectivity index (χ2v) is 6.47. The molecule has 120 valence electrons.